The maximum absolute atomic E-state index is 11.5. The number of nitrogens with one attached hydrogen (secondary N) is 1. The quantitative estimate of drug-likeness (QED) is 0.369. The van der Waals surface area contributed by atoms with E-state index in [1.165, 1.54) is 13.0 Å². The first-order valence-corrected chi connectivity index (χ1v) is 9.01. The number of hydrogen-bond acceptors (Lipinski definition) is 6. The van der Waals surface area contributed by atoms with Gasteiger partial charge in [0.2, 0.25) is 5.91 Å². The van der Waals surface area contributed by atoms with E-state index in [0.717, 1.165) is 17.8 Å². The Hall–Kier alpha value is -2.81. The number of nitro benzene ring substituents is 1. The van der Waals surface area contributed by atoms with Crippen molar-refractivity contribution in [3.63, 3.8) is 0 Å². The van der Waals surface area contributed by atoms with Gasteiger partial charge in [0.1, 0.15) is 0 Å². The van der Waals surface area contributed by atoms with Crippen molar-refractivity contribution in [2.45, 2.75) is 20.8 Å². The van der Waals surface area contributed by atoms with Crippen molar-refractivity contribution in [3.8, 4) is 0 Å². The number of nitro groups is 1. The fraction of sp³-hybridized carbons (Fsp3) is 0.278. The smallest absolute Gasteiger partial charge is 0.298 e. The summed E-state index contributed by atoms with van der Waals surface area (Å²) < 4.78 is 0.488. The van der Waals surface area contributed by atoms with Crippen molar-refractivity contribution in [3.05, 3.63) is 50.5 Å². The average Bonchev–Trinajstić information content (AvgIpc) is 2.59. The monoisotopic (exact) mass is 433 g/mol. The van der Waals surface area contributed by atoms with E-state index in [9.17, 15) is 14.9 Å². The van der Waals surface area contributed by atoms with Crippen molar-refractivity contribution in [2.75, 3.05) is 23.8 Å². The molecule has 2 aromatic rings. The largest absolute Gasteiger partial charge is 0.373 e. The van der Waals surface area contributed by atoms with Crippen LogP contribution in [-0.2, 0) is 4.79 Å². The predicted octanol–water partition coefficient (Wildman–Crippen LogP) is 5.50. The summed E-state index contributed by atoms with van der Waals surface area (Å²) in [4.78, 5) is 24.3. The fourth-order valence-electron chi connectivity index (χ4n) is 2.44. The van der Waals surface area contributed by atoms with E-state index in [1.54, 1.807) is 25.1 Å². The number of rotatable bonds is 6. The first-order chi connectivity index (χ1) is 12.7. The lowest BCUT2D eigenvalue weighted by molar-refractivity contribution is -0.384. The lowest BCUT2D eigenvalue weighted by Gasteiger charge is -2.20. The summed E-state index contributed by atoms with van der Waals surface area (Å²) in [5.41, 5.74) is 2.66. The molecule has 1 amide bonds. The molecule has 0 unspecified atom stereocenters. The molecule has 0 radical (unpaired) electrons. The number of hydrogen-bond donors (Lipinski definition) is 1. The minimum atomic E-state index is -0.492. The minimum Gasteiger partial charge on any atom is -0.373 e. The number of nitrogens with zero attached hydrogens (tertiary/aromatic N) is 4. The summed E-state index contributed by atoms with van der Waals surface area (Å²) in [7, 11) is 1.91. The zero-order valence-electron chi connectivity index (χ0n) is 15.5. The highest BCUT2D eigenvalue weighted by molar-refractivity contribution is 9.10. The van der Waals surface area contributed by atoms with Gasteiger partial charge in [0.15, 0.2) is 5.69 Å². The summed E-state index contributed by atoms with van der Waals surface area (Å²) in [6.45, 7) is 5.95. The van der Waals surface area contributed by atoms with Gasteiger partial charge in [-0.2, -0.15) is 5.11 Å². The molecule has 2 rings (SSSR count). The number of carbonyl (C=O) groups is 1. The van der Waals surface area contributed by atoms with Crippen molar-refractivity contribution < 1.29 is 9.72 Å². The third-order valence-electron chi connectivity index (χ3n) is 3.83. The molecule has 0 aliphatic carbocycles. The molecule has 0 saturated heterocycles. The second-order valence-corrected chi connectivity index (χ2v) is 6.82. The highest BCUT2D eigenvalue weighted by Gasteiger charge is 2.18. The van der Waals surface area contributed by atoms with Crippen molar-refractivity contribution in [1.82, 2.24) is 0 Å². The molecule has 0 heterocycles. The van der Waals surface area contributed by atoms with Crippen molar-refractivity contribution in [2.24, 2.45) is 10.2 Å². The van der Waals surface area contributed by atoms with Gasteiger partial charge in [-0.15, -0.1) is 5.11 Å². The average molecular weight is 434 g/mol. The van der Waals surface area contributed by atoms with Gasteiger partial charge in [-0.3, -0.25) is 14.9 Å². The van der Waals surface area contributed by atoms with Gasteiger partial charge >= 0.3 is 0 Å². The Morgan fingerprint density at radius 2 is 2.00 bits per heavy atom. The third kappa shape index (κ3) is 5.10. The molecular weight excluding hydrogens is 414 g/mol. The van der Waals surface area contributed by atoms with Gasteiger partial charge < -0.3 is 10.2 Å². The SMILES string of the molecule is CCN(C)c1ccc(N=Nc2c(Br)cc(C)cc2[N+](=O)[O-])cc1NC(C)=O. The standard InChI is InChI=1S/C18H20BrN5O3/c1-5-23(4)16-7-6-13(10-15(16)20-12(3)25)21-22-18-14(19)8-11(2)9-17(18)24(26)27/h6-10H,5H2,1-4H3,(H,20,25). The second-order valence-electron chi connectivity index (χ2n) is 5.97. The first-order valence-electron chi connectivity index (χ1n) is 8.22. The third-order valence-corrected chi connectivity index (χ3v) is 4.43. The highest BCUT2D eigenvalue weighted by atomic mass is 79.9. The van der Waals surface area contributed by atoms with E-state index >= 15 is 0 Å². The Labute approximate surface area is 165 Å². The molecule has 1 N–H and O–H groups in total. The number of carbonyl (C=O) groups excluding carboxylic acids is 1. The number of halogens is 1. The van der Waals surface area contributed by atoms with Crippen LogP contribution in [0.15, 0.2) is 45.0 Å². The zero-order valence-corrected chi connectivity index (χ0v) is 17.1. The Kier molecular flexibility index (Phi) is 6.62. The van der Waals surface area contributed by atoms with Crippen molar-refractivity contribution >= 4 is 50.3 Å². The molecule has 8 nitrogen and oxygen atoms in total. The number of aryl methyl sites for hydroxylation is 1. The molecule has 2 aromatic carbocycles. The van der Waals surface area contributed by atoms with Gasteiger partial charge in [-0.05, 0) is 59.6 Å². The normalized spacial score (nSPS) is 10.9. The highest BCUT2D eigenvalue weighted by Crippen LogP contribution is 2.38. The van der Waals surface area contributed by atoms with Gasteiger partial charge in [-0.1, -0.05) is 0 Å². The van der Waals surface area contributed by atoms with E-state index in [4.69, 9.17) is 0 Å². The Bertz CT molecular complexity index is 914. The van der Waals surface area contributed by atoms with Gasteiger partial charge in [-0.25, -0.2) is 0 Å². The summed E-state index contributed by atoms with van der Waals surface area (Å²) in [5.74, 6) is -0.202. The molecule has 0 aliphatic heterocycles. The van der Waals surface area contributed by atoms with Crippen molar-refractivity contribution in [1.29, 1.82) is 0 Å². The lowest BCUT2D eigenvalue weighted by Crippen LogP contribution is -2.18. The van der Waals surface area contributed by atoms with Crippen LogP contribution in [0.4, 0.5) is 28.4 Å². The summed E-state index contributed by atoms with van der Waals surface area (Å²) in [5, 5.41) is 22.3. The van der Waals surface area contributed by atoms with Crippen LogP contribution in [0, 0.1) is 17.0 Å². The first kappa shape index (κ1) is 20.5. The Morgan fingerprint density at radius 3 is 2.59 bits per heavy atom. The molecule has 0 aliphatic rings. The molecule has 0 fully saturated rings. The summed E-state index contributed by atoms with van der Waals surface area (Å²) in [6, 6.07) is 8.43. The van der Waals surface area contributed by atoms with Crippen LogP contribution in [0.1, 0.15) is 19.4 Å². The molecule has 0 bridgehead atoms. The van der Waals surface area contributed by atoms with Crippen LogP contribution in [0.25, 0.3) is 0 Å². The van der Waals surface area contributed by atoms with Gasteiger partial charge in [0.05, 0.1) is 26.5 Å². The van der Waals surface area contributed by atoms with Gasteiger partial charge in [0, 0.05) is 26.6 Å². The fourth-order valence-corrected chi connectivity index (χ4v) is 3.08. The minimum absolute atomic E-state index is 0.130. The van der Waals surface area contributed by atoms with Crippen LogP contribution >= 0.6 is 15.9 Å². The number of anilines is 2. The van der Waals surface area contributed by atoms with E-state index in [2.05, 4.69) is 31.5 Å². The number of amides is 1. The molecule has 142 valence electrons. The molecule has 0 spiro atoms. The second kappa shape index (κ2) is 8.72. The summed E-state index contributed by atoms with van der Waals surface area (Å²) >= 11 is 3.31. The topological polar surface area (TPSA) is 100 Å². The Morgan fingerprint density at radius 1 is 1.30 bits per heavy atom. The number of benzene rings is 2. The van der Waals surface area contributed by atoms with Crippen LogP contribution in [0.2, 0.25) is 0 Å². The lowest BCUT2D eigenvalue weighted by atomic mass is 10.2. The van der Waals surface area contributed by atoms with E-state index in [0.29, 0.717) is 15.8 Å². The van der Waals surface area contributed by atoms with Crippen LogP contribution in [-0.4, -0.2) is 24.4 Å². The molecule has 0 saturated carbocycles. The van der Waals surface area contributed by atoms with E-state index in [-0.39, 0.29) is 17.3 Å². The van der Waals surface area contributed by atoms with Gasteiger partial charge in [0.25, 0.3) is 5.69 Å². The zero-order chi connectivity index (χ0) is 20.1. The molecule has 0 aromatic heterocycles. The van der Waals surface area contributed by atoms with Crippen LogP contribution < -0.4 is 10.2 Å². The maximum atomic E-state index is 11.5. The predicted molar refractivity (Wildman–Crippen MR) is 109 cm³/mol. The summed E-state index contributed by atoms with van der Waals surface area (Å²) in [6.07, 6.45) is 0. The van der Waals surface area contributed by atoms with Crippen LogP contribution in [0.3, 0.4) is 0 Å². The number of azo groups is 1. The van der Waals surface area contributed by atoms with E-state index < -0.39 is 4.92 Å². The Balaban J connectivity index is 2.46. The van der Waals surface area contributed by atoms with E-state index in [1.807, 2.05) is 24.9 Å². The molecule has 27 heavy (non-hydrogen) atoms. The molecule has 9 heteroatoms. The molecular formula is C18H20BrN5O3. The van der Waals surface area contributed by atoms with Crippen LogP contribution in [0.5, 0.6) is 0 Å². The molecule has 0 atom stereocenters. The maximum Gasteiger partial charge on any atom is 0.298 e.